The summed E-state index contributed by atoms with van der Waals surface area (Å²) in [5, 5.41) is 11.3. The Kier molecular flexibility index (Phi) is 6.30. The van der Waals surface area contributed by atoms with Crippen LogP contribution in [0.5, 0.6) is 0 Å². The number of anilines is 1. The first-order chi connectivity index (χ1) is 15.5. The molecule has 164 valence electrons. The number of carbonyl (C=O) groups excluding carboxylic acids is 1. The quantitative estimate of drug-likeness (QED) is 0.448. The smallest absolute Gasteiger partial charge is 0.293 e. The fourth-order valence-electron chi connectivity index (χ4n) is 3.56. The van der Waals surface area contributed by atoms with E-state index in [-0.39, 0.29) is 23.8 Å². The van der Waals surface area contributed by atoms with Gasteiger partial charge in [-0.15, -0.1) is 0 Å². The van der Waals surface area contributed by atoms with E-state index in [0.717, 1.165) is 22.9 Å². The van der Waals surface area contributed by atoms with Crippen LogP contribution in [-0.2, 0) is 31.4 Å². The number of hydrogen-bond acceptors (Lipinski definition) is 5. The Morgan fingerprint density at radius 1 is 1.06 bits per heavy atom. The molecule has 8 heteroatoms. The van der Waals surface area contributed by atoms with Crippen LogP contribution in [0.4, 0.5) is 5.82 Å². The standard InChI is InChI=1S/C24H26N6O2/c1-17-13-27-23(25-11-10-18-6-4-3-5-7-18)24(32)30(17)16-22(31)26-14-19-8-9-20-15-28-29(2)21(20)12-19/h3-9,12-13,15H,10-11,14,16H2,1-2H3,(H,25,27)(H,26,31). The van der Waals surface area contributed by atoms with E-state index in [2.05, 4.69) is 20.7 Å². The summed E-state index contributed by atoms with van der Waals surface area (Å²) in [5.41, 5.74) is 3.48. The highest BCUT2D eigenvalue weighted by atomic mass is 16.2. The third-order valence-electron chi connectivity index (χ3n) is 5.41. The minimum Gasteiger partial charge on any atom is -0.365 e. The van der Waals surface area contributed by atoms with Gasteiger partial charge in [0.25, 0.3) is 5.56 Å². The van der Waals surface area contributed by atoms with Gasteiger partial charge in [0.1, 0.15) is 6.54 Å². The molecule has 0 radical (unpaired) electrons. The molecule has 4 rings (SSSR count). The van der Waals surface area contributed by atoms with Crippen LogP contribution < -0.4 is 16.2 Å². The summed E-state index contributed by atoms with van der Waals surface area (Å²) in [6.07, 6.45) is 4.19. The van der Waals surface area contributed by atoms with Crippen LogP contribution in [0.1, 0.15) is 16.8 Å². The van der Waals surface area contributed by atoms with Gasteiger partial charge in [-0.3, -0.25) is 18.8 Å². The highest BCUT2D eigenvalue weighted by Gasteiger charge is 2.12. The third-order valence-corrected chi connectivity index (χ3v) is 5.41. The number of carbonyl (C=O) groups is 1. The Balaban J connectivity index is 1.37. The van der Waals surface area contributed by atoms with E-state index in [9.17, 15) is 9.59 Å². The number of fused-ring (bicyclic) bond motifs is 1. The molecular weight excluding hydrogens is 404 g/mol. The molecule has 0 aliphatic heterocycles. The molecule has 2 heterocycles. The van der Waals surface area contributed by atoms with E-state index in [1.807, 2.05) is 61.8 Å². The van der Waals surface area contributed by atoms with E-state index < -0.39 is 0 Å². The molecule has 4 aromatic rings. The number of amides is 1. The van der Waals surface area contributed by atoms with Crippen LogP contribution >= 0.6 is 0 Å². The Labute approximate surface area is 185 Å². The van der Waals surface area contributed by atoms with Crippen molar-refractivity contribution in [2.24, 2.45) is 7.05 Å². The van der Waals surface area contributed by atoms with Gasteiger partial charge in [-0.1, -0.05) is 42.5 Å². The van der Waals surface area contributed by atoms with Gasteiger partial charge in [0.15, 0.2) is 5.82 Å². The summed E-state index contributed by atoms with van der Waals surface area (Å²) in [4.78, 5) is 29.6. The first kappa shape index (κ1) is 21.3. The molecule has 0 atom stereocenters. The number of benzene rings is 2. The van der Waals surface area contributed by atoms with Gasteiger partial charge < -0.3 is 10.6 Å². The van der Waals surface area contributed by atoms with Crippen LogP contribution in [0.15, 0.2) is 65.7 Å². The monoisotopic (exact) mass is 430 g/mol. The molecule has 0 unspecified atom stereocenters. The van der Waals surface area contributed by atoms with Gasteiger partial charge in [-0.25, -0.2) is 4.98 Å². The Bertz CT molecular complexity index is 1290. The molecule has 0 fully saturated rings. The summed E-state index contributed by atoms with van der Waals surface area (Å²) in [6.45, 7) is 2.67. The first-order valence-electron chi connectivity index (χ1n) is 10.5. The molecule has 0 aliphatic rings. The third kappa shape index (κ3) is 4.85. The van der Waals surface area contributed by atoms with E-state index in [4.69, 9.17) is 0 Å². The Hall–Kier alpha value is -3.94. The molecule has 0 bridgehead atoms. The van der Waals surface area contributed by atoms with Gasteiger partial charge >= 0.3 is 0 Å². The normalized spacial score (nSPS) is 10.9. The van der Waals surface area contributed by atoms with Gasteiger partial charge in [-0.05, 0) is 30.5 Å². The lowest BCUT2D eigenvalue weighted by Crippen LogP contribution is -2.34. The van der Waals surface area contributed by atoms with Crippen LogP contribution in [0, 0.1) is 6.92 Å². The van der Waals surface area contributed by atoms with Crippen molar-refractivity contribution in [3.8, 4) is 0 Å². The molecular formula is C24H26N6O2. The molecule has 0 spiro atoms. The van der Waals surface area contributed by atoms with Crippen LogP contribution in [0.3, 0.4) is 0 Å². The number of rotatable bonds is 8. The van der Waals surface area contributed by atoms with Gasteiger partial charge in [0.05, 0.1) is 11.7 Å². The predicted molar refractivity (Wildman–Crippen MR) is 124 cm³/mol. The maximum absolute atomic E-state index is 12.8. The van der Waals surface area contributed by atoms with Gasteiger partial charge in [0, 0.05) is 37.4 Å². The average molecular weight is 431 g/mol. The van der Waals surface area contributed by atoms with Crippen molar-refractivity contribution in [1.29, 1.82) is 0 Å². The fourth-order valence-corrected chi connectivity index (χ4v) is 3.56. The zero-order valence-electron chi connectivity index (χ0n) is 18.2. The summed E-state index contributed by atoms with van der Waals surface area (Å²) in [7, 11) is 1.88. The zero-order chi connectivity index (χ0) is 22.5. The Morgan fingerprint density at radius 3 is 2.69 bits per heavy atom. The number of aromatic nitrogens is 4. The van der Waals surface area contributed by atoms with Crippen molar-refractivity contribution in [2.75, 3.05) is 11.9 Å². The molecule has 8 nitrogen and oxygen atoms in total. The van der Waals surface area contributed by atoms with Crippen molar-refractivity contribution in [3.05, 3.63) is 88.1 Å². The van der Waals surface area contributed by atoms with E-state index in [1.165, 1.54) is 10.1 Å². The maximum Gasteiger partial charge on any atom is 0.293 e. The molecule has 2 aromatic carbocycles. The van der Waals surface area contributed by atoms with Crippen molar-refractivity contribution < 1.29 is 4.79 Å². The molecule has 0 saturated carbocycles. The van der Waals surface area contributed by atoms with Crippen molar-refractivity contribution in [2.45, 2.75) is 26.4 Å². The largest absolute Gasteiger partial charge is 0.365 e. The average Bonchev–Trinajstić information content (AvgIpc) is 3.17. The second-order valence-electron chi connectivity index (χ2n) is 7.74. The minimum absolute atomic E-state index is 0.0610. The van der Waals surface area contributed by atoms with Gasteiger partial charge in [0.2, 0.25) is 5.91 Å². The summed E-state index contributed by atoms with van der Waals surface area (Å²) in [6, 6.07) is 16.0. The lowest BCUT2D eigenvalue weighted by atomic mass is 10.1. The zero-order valence-corrected chi connectivity index (χ0v) is 18.2. The minimum atomic E-state index is -0.301. The first-order valence-corrected chi connectivity index (χ1v) is 10.5. The fraction of sp³-hybridized carbons (Fsp3) is 0.250. The molecule has 2 aromatic heterocycles. The maximum atomic E-state index is 12.8. The molecule has 32 heavy (non-hydrogen) atoms. The number of aryl methyl sites for hydroxylation is 2. The highest BCUT2D eigenvalue weighted by molar-refractivity contribution is 5.79. The number of nitrogens with one attached hydrogen (secondary N) is 2. The van der Waals surface area contributed by atoms with Crippen LogP contribution in [-0.4, -0.2) is 31.8 Å². The summed E-state index contributed by atoms with van der Waals surface area (Å²) >= 11 is 0. The molecule has 2 N–H and O–H groups in total. The molecule has 0 saturated heterocycles. The number of nitrogens with zero attached hydrogens (tertiary/aromatic N) is 4. The lowest BCUT2D eigenvalue weighted by Gasteiger charge is -2.13. The van der Waals surface area contributed by atoms with Crippen molar-refractivity contribution >= 4 is 22.6 Å². The topological polar surface area (TPSA) is 93.8 Å². The lowest BCUT2D eigenvalue weighted by molar-refractivity contribution is -0.121. The van der Waals surface area contributed by atoms with Crippen molar-refractivity contribution in [1.82, 2.24) is 24.6 Å². The van der Waals surface area contributed by atoms with E-state index in [1.54, 1.807) is 17.8 Å². The summed E-state index contributed by atoms with van der Waals surface area (Å²) < 4.78 is 3.24. The molecule has 0 aliphatic carbocycles. The van der Waals surface area contributed by atoms with Crippen LogP contribution in [0.2, 0.25) is 0 Å². The van der Waals surface area contributed by atoms with Crippen LogP contribution in [0.25, 0.3) is 10.9 Å². The predicted octanol–water partition coefficient (Wildman–Crippen LogP) is 2.41. The van der Waals surface area contributed by atoms with Gasteiger partial charge in [-0.2, -0.15) is 5.10 Å². The highest BCUT2D eigenvalue weighted by Crippen LogP contribution is 2.14. The number of hydrogen-bond donors (Lipinski definition) is 2. The van der Waals surface area contributed by atoms with E-state index in [0.29, 0.717) is 18.8 Å². The summed E-state index contributed by atoms with van der Waals surface area (Å²) in [5.74, 6) is 0.0164. The second kappa shape index (κ2) is 9.47. The SMILES string of the molecule is Cc1cnc(NCCc2ccccc2)c(=O)n1CC(=O)NCc1ccc2cnn(C)c2c1. The Morgan fingerprint density at radius 2 is 1.88 bits per heavy atom. The van der Waals surface area contributed by atoms with E-state index >= 15 is 0 Å². The molecule has 1 amide bonds. The van der Waals surface area contributed by atoms with Crippen molar-refractivity contribution in [3.63, 3.8) is 0 Å². The second-order valence-corrected chi connectivity index (χ2v) is 7.74.